The van der Waals surface area contributed by atoms with Crippen LogP contribution in [0.25, 0.3) is 11.2 Å². The number of fused-ring (bicyclic) bond motifs is 1. The second-order valence-electron chi connectivity index (χ2n) is 13.0. The maximum atomic E-state index is 13.3. The van der Waals surface area contributed by atoms with E-state index in [9.17, 15) is 24.0 Å². The Morgan fingerprint density at radius 2 is 1.67 bits per heavy atom. The predicted molar refractivity (Wildman–Crippen MR) is 195 cm³/mol. The van der Waals surface area contributed by atoms with Crippen molar-refractivity contribution in [1.29, 1.82) is 0 Å². The van der Waals surface area contributed by atoms with Crippen molar-refractivity contribution in [3.05, 3.63) is 41.7 Å². The minimum Gasteiger partial charge on any atom is -0.466 e. The van der Waals surface area contributed by atoms with Crippen molar-refractivity contribution >= 4 is 58.3 Å². The summed E-state index contributed by atoms with van der Waals surface area (Å²) in [4.78, 5) is 83.3. The summed E-state index contributed by atoms with van der Waals surface area (Å²) in [5, 5.41) is 5.52. The molecule has 0 aliphatic rings. The molecule has 0 unspecified atom stereocenters. The molecule has 0 aliphatic carbocycles. The monoisotopic (exact) mass is 722 g/mol. The molecule has 1 aromatic carbocycles. The second-order valence-corrected chi connectivity index (χ2v) is 13.0. The number of carbonyl (C=O) groups excluding carboxylic acids is 5. The molecule has 0 spiro atoms. The third kappa shape index (κ3) is 12.9. The Hall–Kier alpha value is -5.61. The summed E-state index contributed by atoms with van der Waals surface area (Å²) in [7, 11) is 1.85. The number of benzene rings is 1. The molecule has 0 radical (unpaired) electrons. The fraction of sp³-hybridized carbons (Fsp3) is 0.514. The van der Waals surface area contributed by atoms with Gasteiger partial charge in [0.2, 0.25) is 17.8 Å². The van der Waals surface area contributed by atoms with Crippen molar-refractivity contribution in [3.63, 3.8) is 0 Å². The highest BCUT2D eigenvalue weighted by Gasteiger charge is 2.28. The lowest BCUT2D eigenvalue weighted by Gasteiger charge is -2.25. The van der Waals surface area contributed by atoms with E-state index in [2.05, 4.69) is 30.6 Å². The zero-order chi connectivity index (χ0) is 38.4. The van der Waals surface area contributed by atoms with Gasteiger partial charge in [-0.2, -0.15) is 9.97 Å². The van der Waals surface area contributed by atoms with Crippen molar-refractivity contribution in [3.8, 4) is 0 Å². The molecule has 2 heterocycles. The Morgan fingerprint density at radius 1 is 0.962 bits per heavy atom. The minimum atomic E-state index is -1.08. The van der Waals surface area contributed by atoms with Gasteiger partial charge in [-0.1, -0.05) is 0 Å². The van der Waals surface area contributed by atoms with Crippen molar-refractivity contribution < 1.29 is 33.4 Å². The van der Waals surface area contributed by atoms with Crippen molar-refractivity contribution in [2.75, 3.05) is 49.7 Å². The molecule has 282 valence electrons. The highest BCUT2D eigenvalue weighted by molar-refractivity contribution is 5.97. The second kappa shape index (κ2) is 19.1. The van der Waals surface area contributed by atoms with E-state index in [1.54, 1.807) is 63.1 Å². The van der Waals surface area contributed by atoms with Gasteiger partial charge in [-0.05, 0) is 71.7 Å². The summed E-state index contributed by atoms with van der Waals surface area (Å²) in [6.45, 7) is 10.5. The molecule has 0 saturated heterocycles. The molecule has 3 rings (SSSR count). The molecule has 0 aliphatic heterocycles. The number of nitrogen functional groups attached to an aromatic ring is 2. The number of aromatic nitrogens is 4. The molecule has 6 N–H and O–H groups in total. The van der Waals surface area contributed by atoms with Crippen LogP contribution < -0.4 is 27.0 Å². The average molecular weight is 723 g/mol. The van der Waals surface area contributed by atoms with Crippen LogP contribution in [0.15, 0.2) is 30.5 Å². The molecular formula is C35H50N10O7. The van der Waals surface area contributed by atoms with Gasteiger partial charge in [-0.3, -0.25) is 19.2 Å². The van der Waals surface area contributed by atoms with Gasteiger partial charge < -0.3 is 41.4 Å². The van der Waals surface area contributed by atoms with Crippen LogP contribution in [0.5, 0.6) is 0 Å². The number of esters is 2. The standard InChI is InChI=1S/C35H50N10O7/c1-7-45(27(47)16-17-28(48)51-8-2)19-9-18-38-26(46)15-14-25(33(50)52-35(3,4)5)41-32(49)22-10-12-24(13-11-22)44(6)21-23-20-39-31-29(40-23)30(36)42-34(37)43-31/h10-13,20,25H,7-9,14-19,21H2,1-6H3,(H,38,46)(H,41,49)(H4,36,37,39,42,43)/t25-/m1/s1. The summed E-state index contributed by atoms with van der Waals surface area (Å²) < 4.78 is 10.4. The SMILES string of the molecule is CCOC(=O)CCC(=O)N(CC)CCCNC(=O)CC[C@@H](NC(=O)c1ccc(N(C)Cc2cnc3nc(N)nc(N)c3n2)cc1)C(=O)OC(C)(C)C. The van der Waals surface area contributed by atoms with Crippen molar-refractivity contribution in [2.24, 2.45) is 0 Å². The maximum Gasteiger partial charge on any atom is 0.329 e. The fourth-order valence-electron chi connectivity index (χ4n) is 5.04. The lowest BCUT2D eigenvalue weighted by Crippen LogP contribution is -2.45. The summed E-state index contributed by atoms with van der Waals surface area (Å²) >= 11 is 0. The number of rotatable bonds is 18. The predicted octanol–water partition coefficient (Wildman–Crippen LogP) is 2.14. The molecule has 0 saturated carbocycles. The van der Waals surface area contributed by atoms with Crippen LogP contribution >= 0.6 is 0 Å². The van der Waals surface area contributed by atoms with Crippen molar-refractivity contribution in [2.45, 2.75) is 84.9 Å². The van der Waals surface area contributed by atoms with E-state index in [0.717, 1.165) is 5.69 Å². The molecule has 3 amide bonds. The Morgan fingerprint density at radius 3 is 2.33 bits per heavy atom. The molecule has 0 fully saturated rings. The van der Waals surface area contributed by atoms with E-state index in [4.69, 9.17) is 20.9 Å². The average Bonchev–Trinajstić information content (AvgIpc) is 3.08. The molecule has 52 heavy (non-hydrogen) atoms. The van der Waals surface area contributed by atoms with Crippen LogP contribution in [0, 0.1) is 0 Å². The van der Waals surface area contributed by atoms with Gasteiger partial charge in [0.1, 0.15) is 11.6 Å². The van der Waals surface area contributed by atoms with Crippen LogP contribution in [0.3, 0.4) is 0 Å². The summed E-state index contributed by atoms with van der Waals surface area (Å²) in [5.41, 5.74) is 13.1. The van der Waals surface area contributed by atoms with Gasteiger partial charge in [0.05, 0.1) is 31.5 Å². The molecule has 1 atom stereocenters. The number of ether oxygens (including phenoxy) is 2. The van der Waals surface area contributed by atoms with Gasteiger partial charge >= 0.3 is 11.9 Å². The zero-order valence-electron chi connectivity index (χ0n) is 30.7. The van der Waals surface area contributed by atoms with E-state index in [1.807, 2.05) is 18.9 Å². The number of carbonyl (C=O) groups is 5. The van der Waals surface area contributed by atoms with Gasteiger partial charge in [0, 0.05) is 50.8 Å². The highest BCUT2D eigenvalue weighted by atomic mass is 16.6. The third-order valence-corrected chi connectivity index (χ3v) is 7.64. The van der Waals surface area contributed by atoms with Crippen LogP contribution in [0.4, 0.5) is 17.5 Å². The van der Waals surface area contributed by atoms with Crippen LogP contribution in [0.2, 0.25) is 0 Å². The summed E-state index contributed by atoms with van der Waals surface area (Å²) in [5.74, 6) is -1.91. The highest BCUT2D eigenvalue weighted by Crippen LogP contribution is 2.19. The Bertz CT molecular complexity index is 1710. The smallest absolute Gasteiger partial charge is 0.329 e. The summed E-state index contributed by atoms with van der Waals surface area (Å²) in [6.07, 6.45) is 2.11. The number of anilines is 3. The largest absolute Gasteiger partial charge is 0.466 e. The first-order valence-electron chi connectivity index (χ1n) is 17.2. The number of nitrogens with two attached hydrogens (primary N) is 2. The molecular weight excluding hydrogens is 672 g/mol. The number of nitrogens with zero attached hydrogens (tertiary/aromatic N) is 6. The molecule has 2 aromatic heterocycles. The third-order valence-electron chi connectivity index (χ3n) is 7.64. The zero-order valence-corrected chi connectivity index (χ0v) is 30.7. The van der Waals surface area contributed by atoms with E-state index in [-0.39, 0.29) is 55.9 Å². The number of nitrogens with one attached hydrogen (secondary N) is 2. The maximum absolute atomic E-state index is 13.3. The quantitative estimate of drug-likeness (QED) is 0.109. The van der Waals surface area contributed by atoms with E-state index >= 15 is 0 Å². The fourth-order valence-corrected chi connectivity index (χ4v) is 5.04. The Labute approximate surface area is 303 Å². The lowest BCUT2D eigenvalue weighted by molar-refractivity contribution is -0.157. The van der Waals surface area contributed by atoms with Gasteiger partial charge in [-0.15, -0.1) is 0 Å². The van der Waals surface area contributed by atoms with E-state index < -0.39 is 29.5 Å². The number of hydrogen-bond acceptors (Lipinski definition) is 14. The molecule has 17 heteroatoms. The first kappa shape index (κ1) is 40.8. The van der Waals surface area contributed by atoms with Gasteiger partial charge in [0.25, 0.3) is 5.91 Å². The molecule has 17 nitrogen and oxygen atoms in total. The van der Waals surface area contributed by atoms with Crippen molar-refractivity contribution in [1.82, 2.24) is 35.5 Å². The van der Waals surface area contributed by atoms with Crippen LogP contribution in [-0.4, -0.2) is 99.4 Å². The Kier molecular flexibility index (Phi) is 15.0. The van der Waals surface area contributed by atoms with E-state index in [0.29, 0.717) is 55.0 Å². The van der Waals surface area contributed by atoms with Crippen LogP contribution in [0.1, 0.15) is 82.8 Å². The summed E-state index contributed by atoms with van der Waals surface area (Å²) in [6, 6.07) is 5.69. The minimum absolute atomic E-state index is 0.00960. The van der Waals surface area contributed by atoms with E-state index in [1.165, 1.54) is 0 Å². The number of hydrogen-bond donors (Lipinski definition) is 4. The topological polar surface area (TPSA) is 238 Å². The normalized spacial score (nSPS) is 11.7. The lowest BCUT2D eigenvalue weighted by atomic mass is 10.1. The van der Waals surface area contributed by atoms with Gasteiger partial charge in [0.15, 0.2) is 17.0 Å². The van der Waals surface area contributed by atoms with Gasteiger partial charge in [-0.25, -0.2) is 14.8 Å². The first-order valence-corrected chi connectivity index (χ1v) is 17.2. The molecule has 3 aromatic rings. The number of amides is 3. The Balaban J connectivity index is 1.54. The van der Waals surface area contributed by atoms with Crippen LogP contribution in [-0.2, 0) is 35.2 Å². The molecule has 0 bridgehead atoms. The first-order chi connectivity index (χ1) is 24.6.